The Hall–Kier alpha value is -0.540. The van der Waals surface area contributed by atoms with Crippen LogP contribution in [0.25, 0.3) is 0 Å². The maximum absolute atomic E-state index is 8.77. The van der Waals surface area contributed by atoms with E-state index in [-0.39, 0.29) is 0 Å². The second-order valence-electron chi connectivity index (χ2n) is 5.07. The smallest absolute Gasteiger partial charge is 0.401 e. The van der Waals surface area contributed by atoms with Crippen LogP contribution in [-0.2, 0) is 0 Å². The Bertz CT molecular complexity index is 375. The molecule has 0 radical (unpaired) electrons. The lowest BCUT2D eigenvalue weighted by Crippen LogP contribution is -2.29. The molecule has 1 N–H and O–H groups in total. The highest BCUT2D eigenvalue weighted by molar-refractivity contribution is 9.10. The second-order valence-corrected chi connectivity index (χ2v) is 6.31. The third-order valence-corrected chi connectivity index (χ3v) is 3.47. The fourth-order valence-electron chi connectivity index (χ4n) is 2.24. The summed E-state index contributed by atoms with van der Waals surface area (Å²) in [5.74, 6) is 0.808. The van der Waals surface area contributed by atoms with Crippen LogP contribution in [0.3, 0.4) is 0 Å². The Morgan fingerprint density at radius 3 is 2.12 bits per heavy atom. The summed E-state index contributed by atoms with van der Waals surface area (Å²) in [6.07, 6.45) is 2.68. The molecule has 2 nitrogen and oxygen atoms in total. The molecule has 0 unspecified atom stereocenters. The Morgan fingerprint density at radius 2 is 1.76 bits per heavy atom. The molecule has 1 saturated carbocycles. The molecule has 0 spiro atoms. The van der Waals surface area contributed by atoms with Gasteiger partial charge in [0.2, 0.25) is 0 Å². The molecule has 0 aromatic heterocycles. The van der Waals surface area contributed by atoms with Gasteiger partial charge < -0.3 is 5.11 Å². The molecule has 4 heteroatoms. The standard InChI is InChI=1S/C12H15Br.CHClO2/c1-12(2)7-10(8-12)9-3-5-11(13)6-4-9;2-1(3)4/h3-6,10H,7-8H2,1-2H3;(H,3,4). The fourth-order valence-corrected chi connectivity index (χ4v) is 2.51. The third kappa shape index (κ3) is 5.09. The lowest BCUT2D eigenvalue weighted by Gasteiger charge is -2.43. The van der Waals surface area contributed by atoms with Crippen LogP contribution in [0, 0.1) is 5.41 Å². The van der Waals surface area contributed by atoms with Crippen LogP contribution in [0.1, 0.15) is 38.2 Å². The number of hydrogen-bond acceptors (Lipinski definition) is 1. The van der Waals surface area contributed by atoms with Gasteiger partial charge in [-0.15, -0.1) is 0 Å². The summed E-state index contributed by atoms with van der Waals surface area (Å²) in [5, 5.41) is 7.18. The predicted octanol–water partition coefficient (Wildman–Crippen LogP) is 5.26. The predicted molar refractivity (Wildman–Crippen MR) is 73.8 cm³/mol. The normalized spacial score (nSPS) is 17.6. The molecule has 1 aromatic rings. The quantitative estimate of drug-likeness (QED) is 0.717. The molecule has 1 aliphatic rings. The first-order valence-corrected chi connectivity index (χ1v) is 6.61. The van der Waals surface area contributed by atoms with E-state index in [9.17, 15) is 0 Å². The minimum absolute atomic E-state index is 0.581. The minimum atomic E-state index is -1.36. The monoisotopic (exact) mass is 318 g/mol. The van der Waals surface area contributed by atoms with Crippen molar-refractivity contribution in [2.75, 3.05) is 0 Å². The number of rotatable bonds is 1. The van der Waals surface area contributed by atoms with E-state index in [0.29, 0.717) is 5.41 Å². The van der Waals surface area contributed by atoms with E-state index in [2.05, 4.69) is 65.6 Å². The van der Waals surface area contributed by atoms with Crippen molar-refractivity contribution in [3.63, 3.8) is 0 Å². The van der Waals surface area contributed by atoms with Gasteiger partial charge in [0.1, 0.15) is 0 Å². The van der Waals surface area contributed by atoms with Crippen LogP contribution in [0.4, 0.5) is 4.79 Å². The van der Waals surface area contributed by atoms with Gasteiger partial charge in [-0.25, -0.2) is 4.79 Å². The molecule has 17 heavy (non-hydrogen) atoms. The van der Waals surface area contributed by atoms with Gasteiger partial charge in [0, 0.05) is 16.1 Å². The molecule has 1 fully saturated rings. The maximum Gasteiger partial charge on any atom is 0.401 e. The van der Waals surface area contributed by atoms with Crippen molar-refractivity contribution in [3.8, 4) is 0 Å². The SMILES string of the molecule is CC1(C)CC(c2ccc(Br)cc2)C1.O=C(O)Cl. The van der Waals surface area contributed by atoms with E-state index in [0.717, 1.165) is 5.92 Å². The Morgan fingerprint density at radius 1 is 1.35 bits per heavy atom. The molecule has 0 heterocycles. The van der Waals surface area contributed by atoms with Crippen LogP contribution in [0.5, 0.6) is 0 Å². The van der Waals surface area contributed by atoms with Crippen LogP contribution in [-0.4, -0.2) is 10.5 Å². The van der Waals surface area contributed by atoms with Crippen LogP contribution < -0.4 is 0 Å². The van der Waals surface area contributed by atoms with Crippen LogP contribution >= 0.6 is 27.5 Å². The zero-order valence-corrected chi connectivity index (χ0v) is 12.3. The summed E-state index contributed by atoms with van der Waals surface area (Å²) in [6, 6.07) is 8.76. The Balaban J connectivity index is 0.000000317. The van der Waals surface area contributed by atoms with Gasteiger partial charge in [0.25, 0.3) is 0 Å². The number of carbonyl (C=O) groups is 1. The molecule has 0 bridgehead atoms. The lowest BCUT2D eigenvalue weighted by molar-refractivity contribution is 0.151. The fraction of sp³-hybridized carbons (Fsp3) is 0.462. The van der Waals surface area contributed by atoms with E-state index >= 15 is 0 Å². The first kappa shape index (κ1) is 14.5. The Labute approximate surface area is 115 Å². The van der Waals surface area contributed by atoms with Crippen LogP contribution in [0.2, 0.25) is 0 Å². The second kappa shape index (κ2) is 5.87. The summed E-state index contributed by atoms with van der Waals surface area (Å²) in [4.78, 5) is 8.77. The van der Waals surface area contributed by atoms with Gasteiger partial charge in [-0.3, -0.25) is 0 Å². The number of halogens is 2. The van der Waals surface area contributed by atoms with Gasteiger partial charge in [0.05, 0.1) is 0 Å². The molecular formula is C13H16BrClO2. The molecule has 1 aliphatic carbocycles. The van der Waals surface area contributed by atoms with Crippen LogP contribution in [0.15, 0.2) is 28.7 Å². The van der Waals surface area contributed by atoms with Crippen molar-refractivity contribution < 1.29 is 9.90 Å². The topological polar surface area (TPSA) is 37.3 Å². The lowest BCUT2D eigenvalue weighted by atomic mass is 9.62. The van der Waals surface area contributed by atoms with E-state index < -0.39 is 5.43 Å². The first-order chi connectivity index (χ1) is 7.80. The molecule has 0 saturated heterocycles. The highest BCUT2D eigenvalue weighted by Crippen LogP contribution is 2.50. The van der Waals surface area contributed by atoms with Crippen molar-refractivity contribution in [2.24, 2.45) is 5.41 Å². The summed E-state index contributed by atoms with van der Waals surface area (Å²) < 4.78 is 1.18. The average molecular weight is 320 g/mol. The molecule has 2 rings (SSSR count). The van der Waals surface area contributed by atoms with Gasteiger partial charge >= 0.3 is 5.43 Å². The zero-order valence-electron chi connectivity index (χ0n) is 9.91. The molecule has 0 aliphatic heterocycles. The molecule has 0 amide bonds. The highest BCUT2D eigenvalue weighted by atomic mass is 79.9. The molecule has 0 atom stereocenters. The van der Waals surface area contributed by atoms with Crippen molar-refractivity contribution in [3.05, 3.63) is 34.3 Å². The molecule has 1 aromatic carbocycles. The summed E-state index contributed by atoms with van der Waals surface area (Å²) in [6.45, 7) is 4.70. The summed E-state index contributed by atoms with van der Waals surface area (Å²) in [5.41, 5.74) is 0.722. The summed E-state index contributed by atoms with van der Waals surface area (Å²) in [7, 11) is 0. The Kier molecular flexibility index (Phi) is 5.02. The molecular weight excluding hydrogens is 303 g/mol. The van der Waals surface area contributed by atoms with Crippen molar-refractivity contribution in [1.29, 1.82) is 0 Å². The maximum atomic E-state index is 8.77. The highest BCUT2D eigenvalue weighted by Gasteiger charge is 2.36. The molecule has 94 valence electrons. The first-order valence-electron chi connectivity index (χ1n) is 5.44. The third-order valence-electron chi connectivity index (χ3n) is 2.94. The van der Waals surface area contributed by atoms with E-state index in [1.54, 1.807) is 0 Å². The zero-order chi connectivity index (χ0) is 13.1. The van der Waals surface area contributed by atoms with Gasteiger partial charge in [0.15, 0.2) is 0 Å². The number of benzene rings is 1. The average Bonchev–Trinajstić information content (AvgIpc) is 2.14. The van der Waals surface area contributed by atoms with E-state index in [1.165, 1.54) is 22.9 Å². The van der Waals surface area contributed by atoms with Gasteiger partial charge in [-0.05, 0) is 41.9 Å². The number of carboxylic acid groups (broad SMARTS) is 1. The van der Waals surface area contributed by atoms with Crippen molar-refractivity contribution >= 4 is 33.0 Å². The summed E-state index contributed by atoms with van der Waals surface area (Å²) >= 11 is 7.65. The van der Waals surface area contributed by atoms with Gasteiger partial charge in [-0.1, -0.05) is 41.9 Å². The van der Waals surface area contributed by atoms with E-state index in [1.807, 2.05) is 0 Å². The largest absolute Gasteiger partial charge is 0.469 e. The number of hydrogen-bond donors (Lipinski definition) is 1. The van der Waals surface area contributed by atoms with Crippen molar-refractivity contribution in [2.45, 2.75) is 32.6 Å². The van der Waals surface area contributed by atoms with Crippen molar-refractivity contribution in [1.82, 2.24) is 0 Å². The van der Waals surface area contributed by atoms with Gasteiger partial charge in [-0.2, -0.15) is 0 Å². The minimum Gasteiger partial charge on any atom is -0.469 e. The van der Waals surface area contributed by atoms with E-state index in [4.69, 9.17) is 9.90 Å².